The summed E-state index contributed by atoms with van der Waals surface area (Å²) in [5.74, 6) is 2.71. The lowest BCUT2D eigenvalue weighted by Gasteiger charge is -2.29. The minimum Gasteiger partial charge on any atom is -0.456 e. The molecule has 1 N–H and O–H groups in total. The Hall–Kier alpha value is -3.49. The summed E-state index contributed by atoms with van der Waals surface area (Å²) in [5, 5.41) is 5.11. The van der Waals surface area contributed by atoms with E-state index in [-0.39, 0.29) is 0 Å². The number of aryl methyl sites for hydroxylation is 1. The Balaban J connectivity index is 1.28. The van der Waals surface area contributed by atoms with E-state index in [1.54, 1.807) is 6.20 Å². The van der Waals surface area contributed by atoms with Crippen LogP contribution in [0.3, 0.4) is 0 Å². The molecule has 184 valence electrons. The van der Waals surface area contributed by atoms with Crippen molar-refractivity contribution in [1.82, 2.24) is 34.6 Å². The molecule has 0 bridgehead atoms. The molecule has 1 saturated heterocycles. The highest BCUT2D eigenvalue weighted by atomic mass is 35.5. The van der Waals surface area contributed by atoms with Crippen LogP contribution in [-0.2, 0) is 6.54 Å². The molecule has 1 aliphatic heterocycles. The zero-order chi connectivity index (χ0) is 24.8. The van der Waals surface area contributed by atoms with Crippen LogP contribution in [0.5, 0.6) is 11.5 Å². The van der Waals surface area contributed by atoms with Gasteiger partial charge in [0.15, 0.2) is 0 Å². The maximum absolute atomic E-state index is 6.79. The van der Waals surface area contributed by atoms with Gasteiger partial charge in [0.25, 0.3) is 0 Å². The molecule has 0 radical (unpaired) electrons. The summed E-state index contributed by atoms with van der Waals surface area (Å²) in [5.41, 5.74) is 5.94. The Bertz CT molecular complexity index is 1570. The third kappa shape index (κ3) is 4.31. The highest BCUT2D eigenvalue weighted by Crippen LogP contribution is 2.36. The van der Waals surface area contributed by atoms with Gasteiger partial charge in [-0.15, -0.1) is 0 Å². The number of likely N-dealkylation sites (tertiary alicyclic amines) is 1. The lowest BCUT2D eigenvalue weighted by molar-refractivity contribution is 0.200. The van der Waals surface area contributed by atoms with Gasteiger partial charge < -0.3 is 14.6 Å². The van der Waals surface area contributed by atoms with Crippen LogP contribution in [-0.4, -0.2) is 54.8 Å². The molecule has 0 atom stereocenters. The first-order valence-electron chi connectivity index (χ1n) is 12.3. The van der Waals surface area contributed by atoms with Crippen molar-refractivity contribution in [3.63, 3.8) is 0 Å². The van der Waals surface area contributed by atoms with E-state index in [0.717, 1.165) is 53.4 Å². The number of rotatable bonds is 5. The second-order valence-electron chi connectivity index (χ2n) is 9.68. The van der Waals surface area contributed by atoms with Gasteiger partial charge in [-0.2, -0.15) is 5.10 Å². The lowest BCUT2D eigenvalue weighted by atomic mass is 9.97. The van der Waals surface area contributed by atoms with Gasteiger partial charge in [0.1, 0.15) is 27.9 Å². The Morgan fingerprint density at radius 2 is 1.86 bits per heavy atom. The van der Waals surface area contributed by atoms with E-state index >= 15 is 0 Å². The number of halogens is 1. The molecule has 2 aromatic carbocycles. The molecular formula is C27H28ClN7O. The first-order valence-corrected chi connectivity index (χ1v) is 12.6. The van der Waals surface area contributed by atoms with Crippen LogP contribution in [0, 0.1) is 19.8 Å². The second kappa shape index (κ2) is 9.19. The SMILES string of the molecule is Cc1nc2ccc(Oc3ccc4ncc(-c5cnn(CC6CCN(C)CC6)c5C)nc4c3Cl)cc2[nH]1. The summed E-state index contributed by atoms with van der Waals surface area (Å²) in [4.78, 5) is 19.6. The number of piperidine rings is 1. The first-order chi connectivity index (χ1) is 17.4. The molecule has 36 heavy (non-hydrogen) atoms. The summed E-state index contributed by atoms with van der Waals surface area (Å²) >= 11 is 6.79. The average Bonchev–Trinajstić information content (AvgIpc) is 3.43. The fourth-order valence-electron chi connectivity index (χ4n) is 4.91. The molecule has 0 amide bonds. The molecule has 5 aromatic rings. The fourth-order valence-corrected chi connectivity index (χ4v) is 5.15. The summed E-state index contributed by atoms with van der Waals surface area (Å²) in [7, 11) is 2.19. The molecule has 6 rings (SSSR count). The molecule has 1 aliphatic rings. The van der Waals surface area contributed by atoms with Crippen LogP contribution >= 0.6 is 11.6 Å². The smallest absolute Gasteiger partial charge is 0.148 e. The molecule has 4 heterocycles. The van der Waals surface area contributed by atoms with Crippen LogP contribution in [0.2, 0.25) is 5.02 Å². The Morgan fingerprint density at radius 1 is 1.06 bits per heavy atom. The Kier molecular flexibility index (Phi) is 5.85. The van der Waals surface area contributed by atoms with Crippen molar-refractivity contribution < 1.29 is 4.74 Å². The van der Waals surface area contributed by atoms with Gasteiger partial charge >= 0.3 is 0 Å². The molecule has 0 unspecified atom stereocenters. The molecule has 0 aliphatic carbocycles. The van der Waals surface area contributed by atoms with Crippen molar-refractivity contribution in [1.29, 1.82) is 0 Å². The van der Waals surface area contributed by atoms with Crippen molar-refractivity contribution in [2.75, 3.05) is 20.1 Å². The third-order valence-electron chi connectivity index (χ3n) is 7.07. The number of benzene rings is 2. The van der Waals surface area contributed by atoms with E-state index < -0.39 is 0 Å². The maximum Gasteiger partial charge on any atom is 0.148 e. The zero-order valence-electron chi connectivity index (χ0n) is 20.6. The van der Waals surface area contributed by atoms with Gasteiger partial charge in [0, 0.05) is 23.9 Å². The maximum atomic E-state index is 6.79. The quantitative estimate of drug-likeness (QED) is 0.329. The van der Waals surface area contributed by atoms with E-state index in [9.17, 15) is 0 Å². The molecule has 9 heteroatoms. The first kappa shape index (κ1) is 22.9. The average molecular weight is 502 g/mol. The molecule has 0 saturated carbocycles. The second-order valence-corrected chi connectivity index (χ2v) is 10.1. The van der Waals surface area contributed by atoms with Crippen LogP contribution < -0.4 is 4.74 Å². The van der Waals surface area contributed by atoms with Crippen LogP contribution in [0.15, 0.2) is 42.7 Å². The number of aromatic nitrogens is 6. The normalized spacial score (nSPS) is 15.2. The van der Waals surface area contributed by atoms with Crippen molar-refractivity contribution >= 4 is 33.7 Å². The van der Waals surface area contributed by atoms with Gasteiger partial charge in [-0.3, -0.25) is 9.67 Å². The number of H-pyrrole nitrogens is 1. The number of ether oxygens (including phenoxy) is 1. The number of nitrogens with one attached hydrogen (secondary N) is 1. The van der Waals surface area contributed by atoms with E-state index in [1.807, 2.05) is 43.5 Å². The monoisotopic (exact) mass is 501 g/mol. The molecule has 8 nitrogen and oxygen atoms in total. The van der Waals surface area contributed by atoms with E-state index in [1.165, 1.54) is 12.8 Å². The predicted molar refractivity (Wildman–Crippen MR) is 142 cm³/mol. The van der Waals surface area contributed by atoms with Gasteiger partial charge in [-0.1, -0.05) is 11.6 Å². The largest absolute Gasteiger partial charge is 0.456 e. The summed E-state index contributed by atoms with van der Waals surface area (Å²) in [6.07, 6.45) is 6.08. The van der Waals surface area contributed by atoms with Crippen molar-refractivity contribution in [2.24, 2.45) is 5.92 Å². The molecule has 1 fully saturated rings. The number of hydrogen-bond acceptors (Lipinski definition) is 6. The number of hydrogen-bond donors (Lipinski definition) is 1. The topological polar surface area (TPSA) is 84.8 Å². The number of fused-ring (bicyclic) bond motifs is 2. The summed E-state index contributed by atoms with van der Waals surface area (Å²) < 4.78 is 8.24. The highest BCUT2D eigenvalue weighted by molar-refractivity contribution is 6.36. The number of nitrogens with zero attached hydrogens (tertiary/aromatic N) is 6. The predicted octanol–water partition coefficient (Wildman–Crippen LogP) is 5.77. The summed E-state index contributed by atoms with van der Waals surface area (Å²) in [6.45, 7) is 7.24. The fraction of sp³-hybridized carbons (Fsp3) is 0.333. The van der Waals surface area contributed by atoms with Crippen molar-refractivity contribution in [3.05, 3.63) is 59.3 Å². The van der Waals surface area contributed by atoms with Gasteiger partial charge in [-0.25, -0.2) is 9.97 Å². The van der Waals surface area contributed by atoms with Crippen LogP contribution in [0.1, 0.15) is 24.4 Å². The van der Waals surface area contributed by atoms with E-state index in [2.05, 4.69) is 43.6 Å². The minimum absolute atomic E-state index is 0.430. The van der Waals surface area contributed by atoms with E-state index in [4.69, 9.17) is 21.3 Å². The third-order valence-corrected chi connectivity index (χ3v) is 7.43. The highest BCUT2D eigenvalue weighted by Gasteiger charge is 2.20. The molecular weight excluding hydrogens is 474 g/mol. The Labute approximate surface area is 214 Å². The van der Waals surface area contributed by atoms with E-state index in [0.29, 0.717) is 33.5 Å². The minimum atomic E-state index is 0.430. The molecule has 3 aromatic heterocycles. The van der Waals surface area contributed by atoms with Crippen LogP contribution in [0.25, 0.3) is 33.3 Å². The molecule has 0 spiro atoms. The van der Waals surface area contributed by atoms with Crippen molar-refractivity contribution in [3.8, 4) is 22.8 Å². The Morgan fingerprint density at radius 3 is 2.69 bits per heavy atom. The van der Waals surface area contributed by atoms with Gasteiger partial charge in [-0.05, 0) is 77.0 Å². The van der Waals surface area contributed by atoms with Crippen LogP contribution in [0.4, 0.5) is 0 Å². The lowest BCUT2D eigenvalue weighted by Crippen LogP contribution is -2.32. The number of imidazole rings is 1. The van der Waals surface area contributed by atoms with Crippen molar-refractivity contribution in [2.45, 2.75) is 33.2 Å². The zero-order valence-corrected chi connectivity index (χ0v) is 21.4. The summed E-state index contributed by atoms with van der Waals surface area (Å²) in [6, 6.07) is 9.43. The van der Waals surface area contributed by atoms with Gasteiger partial charge in [0.05, 0.1) is 34.6 Å². The number of aromatic amines is 1. The standard InChI is InChI=1S/C27H28ClN7O/c1-16-20(13-30-35(16)15-18-8-10-34(3)11-9-18)24-14-29-22-6-7-25(26(28)27(22)33-24)36-19-4-5-21-23(12-19)32-17(2)31-21/h4-7,12-14,18H,8-11,15H2,1-3H3,(H,31,32). The van der Waals surface area contributed by atoms with Gasteiger partial charge in [0.2, 0.25) is 0 Å².